The maximum atomic E-state index is 12.7. The van der Waals surface area contributed by atoms with Gasteiger partial charge >= 0.3 is 0 Å². The maximum absolute atomic E-state index is 12.7. The van der Waals surface area contributed by atoms with Crippen LogP contribution in [-0.2, 0) is 27.5 Å². The minimum absolute atomic E-state index is 0.0833. The molecule has 1 aliphatic rings. The Morgan fingerprint density at radius 2 is 1.93 bits per heavy atom. The molecule has 0 fully saturated rings. The number of nitrogens with zero attached hydrogens (tertiary/aromatic N) is 1. The summed E-state index contributed by atoms with van der Waals surface area (Å²) in [6.45, 7) is 2.15. The molecule has 1 aliphatic heterocycles. The van der Waals surface area contributed by atoms with E-state index in [1.54, 1.807) is 18.2 Å². The van der Waals surface area contributed by atoms with Crippen molar-refractivity contribution >= 4 is 23.4 Å². The predicted molar refractivity (Wildman–Crippen MR) is 101 cm³/mol. The zero-order chi connectivity index (χ0) is 19.2. The summed E-state index contributed by atoms with van der Waals surface area (Å²) in [7, 11) is 0. The first kappa shape index (κ1) is 18.8. The van der Waals surface area contributed by atoms with E-state index in [0.29, 0.717) is 23.2 Å². The van der Waals surface area contributed by atoms with Gasteiger partial charge in [-0.2, -0.15) is 0 Å². The molecule has 3 rings (SSSR count). The molecule has 6 nitrogen and oxygen atoms in total. The Morgan fingerprint density at radius 1 is 1.15 bits per heavy atom. The average molecular weight is 366 g/mol. The lowest BCUT2D eigenvalue weighted by atomic mass is 9.99. The lowest BCUT2D eigenvalue weighted by Gasteiger charge is -2.26. The van der Waals surface area contributed by atoms with Crippen LogP contribution in [0.25, 0.3) is 0 Å². The maximum Gasteiger partial charge on any atom is 0.285 e. The van der Waals surface area contributed by atoms with Gasteiger partial charge in [-0.15, -0.1) is 5.06 Å². The normalized spacial score (nSPS) is 13.4. The number of amides is 3. The number of anilines is 1. The number of hydroxylamine groups is 2. The molecule has 0 saturated heterocycles. The minimum Gasteiger partial charge on any atom is -0.326 e. The highest BCUT2D eigenvalue weighted by Gasteiger charge is 2.32. The fraction of sp³-hybridized carbons (Fsp3) is 0.286. The van der Waals surface area contributed by atoms with Gasteiger partial charge in [-0.3, -0.25) is 19.2 Å². The fourth-order valence-electron chi connectivity index (χ4n) is 2.87. The van der Waals surface area contributed by atoms with Crippen molar-refractivity contribution in [2.24, 2.45) is 0 Å². The van der Waals surface area contributed by atoms with E-state index in [1.807, 2.05) is 37.3 Å². The van der Waals surface area contributed by atoms with Crippen molar-refractivity contribution in [3.63, 3.8) is 0 Å². The van der Waals surface area contributed by atoms with Crippen molar-refractivity contribution in [3.05, 3.63) is 65.2 Å². The summed E-state index contributed by atoms with van der Waals surface area (Å²) in [5.74, 6) is -1.00. The lowest BCUT2D eigenvalue weighted by molar-refractivity contribution is -0.174. The minimum atomic E-state index is -0.512. The molecule has 0 radical (unpaired) electrons. The van der Waals surface area contributed by atoms with Crippen molar-refractivity contribution in [2.45, 2.75) is 39.2 Å². The molecule has 0 saturated carbocycles. The number of hydrogen-bond acceptors (Lipinski definition) is 4. The number of unbranched alkanes of at least 4 members (excludes halogenated alkanes) is 1. The second kappa shape index (κ2) is 8.60. The molecule has 2 aromatic rings. The van der Waals surface area contributed by atoms with E-state index in [-0.39, 0.29) is 18.9 Å². The quantitative estimate of drug-likeness (QED) is 0.761. The molecule has 3 amide bonds. The molecule has 2 aromatic carbocycles. The van der Waals surface area contributed by atoms with E-state index in [4.69, 9.17) is 4.84 Å². The topological polar surface area (TPSA) is 75.7 Å². The Bertz CT molecular complexity index is 849. The van der Waals surface area contributed by atoms with Gasteiger partial charge < -0.3 is 5.32 Å². The van der Waals surface area contributed by atoms with Crippen LogP contribution in [0.15, 0.2) is 48.5 Å². The van der Waals surface area contributed by atoms with Crippen molar-refractivity contribution in [1.82, 2.24) is 5.06 Å². The highest BCUT2D eigenvalue weighted by atomic mass is 16.7. The molecule has 27 heavy (non-hydrogen) atoms. The third-order valence-electron chi connectivity index (χ3n) is 4.34. The van der Waals surface area contributed by atoms with Crippen molar-refractivity contribution in [3.8, 4) is 0 Å². The van der Waals surface area contributed by atoms with Crippen LogP contribution in [0, 0.1) is 0 Å². The number of imide groups is 1. The van der Waals surface area contributed by atoms with Crippen LogP contribution < -0.4 is 5.32 Å². The molecule has 140 valence electrons. The van der Waals surface area contributed by atoms with Gasteiger partial charge in [0.05, 0.1) is 6.42 Å². The second-order valence-electron chi connectivity index (χ2n) is 6.45. The van der Waals surface area contributed by atoms with E-state index in [0.717, 1.165) is 23.5 Å². The number of carbonyl (C=O) groups is 3. The SMILES string of the molecule is CCCCC(=O)Nc1ccc2c(c1)C(=O)N(OCc1ccccc1)C(=O)C2. The highest BCUT2D eigenvalue weighted by molar-refractivity contribution is 6.09. The molecule has 0 atom stereocenters. The van der Waals surface area contributed by atoms with Crippen LogP contribution in [0.2, 0.25) is 0 Å². The zero-order valence-corrected chi connectivity index (χ0v) is 15.2. The highest BCUT2D eigenvalue weighted by Crippen LogP contribution is 2.24. The van der Waals surface area contributed by atoms with Gasteiger partial charge in [-0.05, 0) is 29.7 Å². The van der Waals surface area contributed by atoms with E-state index in [9.17, 15) is 14.4 Å². The molecule has 1 heterocycles. The number of fused-ring (bicyclic) bond motifs is 1. The third kappa shape index (κ3) is 4.60. The number of nitrogens with one attached hydrogen (secondary N) is 1. The molecule has 1 N–H and O–H groups in total. The smallest absolute Gasteiger partial charge is 0.285 e. The van der Waals surface area contributed by atoms with Crippen LogP contribution in [0.4, 0.5) is 5.69 Å². The lowest BCUT2D eigenvalue weighted by Crippen LogP contribution is -2.42. The predicted octanol–water partition coefficient (Wildman–Crippen LogP) is 3.47. The number of benzene rings is 2. The molecular weight excluding hydrogens is 344 g/mol. The van der Waals surface area contributed by atoms with Crippen LogP contribution in [0.1, 0.15) is 47.7 Å². The third-order valence-corrected chi connectivity index (χ3v) is 4.34. The van der Waals surface area contributed by atoms with Crippen LogP contribution in [0.3, 0.4) is 0 Å². The average Bonchev–Trinajstić information content (AvgIpc) is 2.67. The van der Waals surface area contributed by atoms with E-state index in [2.05, 4.69) is 5.32 Å². The van der Waals surface area contributed by atoms with Gasteiger partial charge in [0.25, 0.3) is 11.8 Å². The van der Waals surface area contributed by atoms with Gasteiger partial charge in [0.1, 0.15) is 6.61 Å². The molecule has 0 unspecified atom stereocenters. The fourth-order valence-corrected chi connectivity index (χ4v) is 2.87. The number of carbonyl (C=O) groups excluding carboxylic acids is 3. The largest absolute Gasteiger partial charge is 0.326 e. The van der Waals surface area contributed by atoms with Gasteiger partial charge in [0.15, 0.2) is 0 Å². The van der Waals surface area contributed by atoms with Crippen LogP contribution >= 0.6 is 0 Å². The van der Waals surface area contributed by atoms with Crippen molar-refractivity contribution in [1.29, 1.82) is 0 Å². The Morgan fingerprint density at radius 3 is 2.67 bits per heavy atom. The summed E-state index contributed by atoms with van der Waals surface area (Å²) in [5, 5.41) is 3.61. The van der Waals surface area contributed by atoms with Gasteiger partial charge in [-0.25, -0.2) is 0 Å². The molecular formula is C21H22N2O4. The first-order chi connectivity index (χ1) is 13.1. The first-order valence-corrected chi connectivity index (χ1v) is 9.05. The van der Waals surface area contributed by atoms with E-state index < -0.39 is 11.8 Å². The zero-order valence-electron chi connectivity index (χ0n) is 15.2. The molecule has 0 aromatic heterocycles. The standard InChI is InChI=1S/C21H22N2O4/c1-2-3-9-19(24)22-17-11-10-16-12-20(25)23(21(26)18(16)13-17)27-14-15-7-5-4-6-8-15/h4-8,10-11,13H,2-3,9,12,14H2,1H3,(H,22,24). The number of hydrogen-bond donors (Lipinski definition) is 1. The summed E-state index contributed by atoms with van der Waals surface area (Å²) < 4.78 is 0. The summed E-state index contributed by atoms with van der Waals surface area (Å²) in [4.78, 5) is 42.4. The molecule has 0 aliphatic carbocycles. The van der Waals surface area contributed by atoms with Crippen LogP contribution in [-0.4, -0.2) is 22.8 Å². The Balaban J connectivity index is 1.72. The van der Waals surface area contributed by atoms with E-state index in [1.165, 1.54) is 0 Å². The Hall–Kier alpha value is -2.99. The second-order valence-corrected chi connectivity index (χ2v) is 6.45. The molecule has 6 heteroatoms. The van der Waals surface area contributed by atoms with Gasteiger partial charge in [0.2, 0.25) is 5.91 Å². The van der Waals surface area contributed by atoms with Crippen molar-refractivity contribution < 1.29 is 19.2 Å². The van der Waals surface area contributed by atoms with Crippen LogP contribution in [0.5, 0.6) is 0 Å². The summed E-state index contributed by atoms with van der Waals surface area (Å²) in [6.07, 6.45) is 2.27. The molecule has 0 bridgehead atoms. The Kier molecular flexibility index (Phi) is 5.98. The van der Waals surface area contributed by atoms with E-state index >= 15 is 0 Å². The summed E-state index contributed by atoms with van der Waals surface area (Å²) in [5.41, 5.74) is 2.41. The number of rotatable bonds is 7. The van der Waals surface area contributed by atoms with Crippen molar-refractivity contribution in [2.75, 3.05) is 5.32 Å². The summed E-state index contributed by atoms with van der Waals surface area (Å²) in [6, 6.07) is 14.3. The first-order valence-electron chi connectivity index (χ1n) is 9.05. The van der Waals surface area contributed by atoms with Gasteiger partial charge in [0, 0.05) is 17.7 Å². The monoisotopic (exact) mass is 366 g/mol. The Labute approximate surface area is 158 Å². The summed E-state index contributed by atoms with van der Waals surface area (Å²) >= 11 is 0. The molecule has 0 spiro atoms. The van der Waals surface area contributed by atoms with Gasteiger partial charge in [-0.1, -0.05) is 49.7 Å².